The predicted molar refractivity (Wildman–Crippen MR) is 85.9 cm³/mol. The molecule has 0 aromatic heterocycles. The molecule has 1 atom stereocenters. The minimum absolute atomic E-state index is 0.0823. The maximum Gasteiger partial charge on any atom is 0.225 e. The van der Waals surface area contributed by atoms with Crippen molar-refractivity contribution >= 4 is 27.5 Å². The Morgan fingerprint density at radius 3 is 2.85 bits per heavy atom. The standard InChI is InChI=1S/C15H22BrN3O/c1-17-14-3-2-9-19(11-14)10-8-15(20)18-13-6-4-12(16)5-7-13/h4-7,14,17H,2-3,8-11H2,1H3,(H,18,20). The number of nitrogens with one attached hydrogen (secondary N) is 2. The number of carbonyl (C=O) groups is 1. The molecule has 2 rings (SSSR count). The van der Waals surface area contributed by atoms with Gasteiger partial charge < -0.3 is 15.5 Å². The monoisotopic (exact) mass is 339 g/mol. The van der Waals surface area contributed by atoms with E-state index in [-0.39, 0.29) is 5.91 Å². The molecule has 1 aliphatic heterocycles. The van der Waals surface area contributed by atoms with E-state index in [1.165, 1.54) is 12.8 Å². The number of carbonyl (C=O) groups excluding carboxylic acids is 1. The Balaban J connectivity index is 1.73. The smallest absolute Gasteiger partial charge is 0.225 e. The Hall–Kier alpha value is -0.910. The van der Waals surface area contributed by atoms with Gasteiger partial charge in [-0.05, 0) is 50.7 Å². The molecular weight excluding hydrogens is 318 g/mol. The number of anilines is 1. The molecule has 0 radical (unpaired) electrons. The van der Waals surface area contributed by atoms with Crippen LogP contribution >= 0.6 is 15.9 Å². The van der Waals surface area contributed by atoms with E-state index in [2.05, 4.69) is 31.5 Å². The third kappa shape index (κ3) is 4.89. The van der Waals surface area contributed by atoms with Gasteiger partial charge in [0.2, 0.25) is 5.91 Å². The fourth-order valence-electron chi connectivity index (χ4n) is 2.51. The fraction of sp³-hybridized carbons (Fsp3) is 0.533. The van der Waals surface area contributed by atoms with Gasteiger partial charge in [0.15, 0.2) is 0 Å². The van der Waals surface area contributed by atoms with Gasteiger partial charge in [0.05, 0.1) is 0 Å². The molecule has 1 amide bonds. The molecule has 4 nitrogen and oxygen atoms in total. The SMILES string of the molecule is CNC1CCCN(CCC(=O)Nc2ccc(Br)cc2)C1. The zero-order chi connectivity index (χ0) is 14.4. The van der Waals surface area contributed by atoms with E-state index < -0.39 is 0 Å². The highest BCUT2D eigenvalue weighted by molar-refractivity contribution is 9.10. The number of piperidine rings is 1. The number of rotatable bonds is 5. The first-order chi connectivity index (χ1) is 9.67. The van der Waals surface area contributed by atoms with Gasteiger partial charge in [0, 0.05) is 35.7 Å². The lowest BCUT2D eigenvalue weighted by molar-refractivity contribution is -0.116. The van der Waals surface area contributed by atoms with Crippen molar-refractivity contribution in [1.29, 1.82) is 0 Å². The molecule has 0 spiro atoms. The molecule has 2 N–H and O–H groups in total. The highest BCUT2D eigenvalue weighted by Crippen LogP contribution is 2.14. The van der Waals surface area contributed by atoms with E-state index >= 15 is 0 Å². The van der Waals surface area contributed by atoms with E-state index in [0.29, 0.717) is 12.5 Å². The van der Waals surface area contributed by atoms with Crippen LogP contribution in [0.15, 0.2) is 28.7 Å². The number of hydrogen-bond acceptors (Lipinski definition) is 3. The fourth-order valence-corrected chi connectivity index (χ4v) is 2.77. The summed E-state index contributed by atoms with van der Waals surface area (Å²) in [7, 11) is 2.01. The molecule has 1 saturated heterocycles. The molecular formula is C15H22BrN3O. The number of amides is 1. The highest BCUT2D eigenvalue weighted by Gasteiger charge is 2.18. The molecule has 0 bridgehead atoms. The largest absolute Gasteiger partial charge is 0.326 e. The predicted octanol–water partition coefficient (Wildman–Crippen LogP) is 2.46. The first-order valence-corrected chi connectivity index (χ1v) is 7.91. The number of hydrogen-bond donors (Lipinski definition) is 2. The molecule has 0 aliphatic carbocycles. The first kappa shape index (κ1) is 15.5. The summed E-state index contributed by atoms with van der Waals surface area (Å²) in [6.45, 7) is 2.98. The second kappa shape index (κ2) is 7.76. The molecule has 1 aromatic rings. The topological polar surface area (TPSA) is 44.4 Å². The minimum atomic E-state index is 0.0823. The van der Waals surface area contributed by atoms with Gasteiger partial charge in [0.25, 0.3) is 0 Å². The van der Waals surface area contributed by atoms with Gasteiger partial charge in [-0.15, -0.1) is 0 Å². The molecule has 1 aromatic carbocycles. The third-order valence-electron chi connectivity index (χ3n) is 3.70. The minimum Gasteiger partial charge on any atom is -0.326 e. The van der Waals surface area contributed by atoms with Crippen LogP contribution in [-0.4, -0.2) is 43.5 Å². The van der Waals surface area contributed by atoms with Crippen molar-refractivity contribution in [1.82, 2.24) is 10.2 Å². The third-order valence-corrected chi connectivity index (χ3v) is 4.23. The molecule has 0 saturated carbocycles. The molecule has 5 heteroatoms. The van der Waals surface area contributed by atoms with Gasteiger partial charge in [-0.2, -0.15) is 0 Å². The van der Waals surface area contributed by atoms with Gasteiger partial charge >= 0.3 is 0 Å². The summed E-state index contributed by atoms with van der Waals surface area (Å²) < 4.78 is 1.02. The van der Waals surface area contributed by atoms with Crippen LogP contribution < -0.4 is 10.6 Å². The van der Waals surface area contributed by atoms with Crippen LogP contribution in [-0.2, 0) is 4.79 Å². The molecule has 1 unspecified atom stereocenters. The normalized spacial score (nSPS) is 19.8. The summed E-state index contributed by atoms with van der Waals surface area (Å²) in [5.74, 6) is 0.0823. The van der Waals surface area contributed by atoms with Crippen molar-refractivity contribution in [3.05, 3.63) is 28.7 Å². The van der Waals surface area contributed by atoms with Crippen LogP contribution in [0.4, 0.5) is 5.69 Å². The summed E-state index contributed by atoms with van der Waals surface area (Å²) in [5.41, 5.74) is 0.852. The zero-order valence-corrected chi connectivity index (χ0v) is 13.4. The summed E-state index contributed by atoms with van der Waals surface area (Å²) >= 11 is 3.38. The summed E-state index contributed by atoms with van der Waals surface area (Å²) in [6.07, 6.45) is 2.99. The van der Waals surface area contributed by atoms with Crippen molar-refractivity contribution in [2.45, 2.75) is 25.3 Å². The van der Waals surface area contributed by atoms with E-state index in [0.717, 1.165) is 29.8 Å². The van der Waals surface area contributed by atoms with Crippen LogP contribution in [0.25, 0.3) is 0 Å². The van der Waals surface area contributed by atoms with Crippen LogP contribution in [0.5, 0.6) is 0 Å². The average Bonchev–Trinajstić information content (AvgIpc) is 2.48. The average molecular weight is 340 g/mol. The van der Waals surface area contributed by atoms with Gasteiger partial charge in [0.1, 0.15) is 0 Å². The first-order valence-electron chi connectivity index (χ1n) is 7.12. The molecule has 110 valence electrons. The summed E-state index contributed by atoms with van der Waals surface area (Å²) in [5, 5.41) is 6.25. The molecule has 1 heterocycles. The Labute approximate surface area is 129 Å². The Bertz CT molecular complexity index is 435. The Kier molecular flexibility index (Phi) is 6.01. The van der Waals surface area contributed by atoms with Crippen molar-refractivity contribution in [3.63, 3.8) is 0 Å². The number of benzene rings is 1. The van der Waals surface area contributed by atoms with E-state index in [9.17, 15) is 4.79 Å². The second-order valence-electron chi connectivity index (χ2n) is 5.23. The van der Waals surface area contributed by atoms with E-state index in [1.54, 1.807) is 0 Å². The molecule has 20 heavy (non-hydrogen) atoms. The Morgan fingerprint density at radius 1 is 1.40 bits per heavy atom. The van der Waals surface area contributed by atoms with Gasteiger partial charge in [-0.25, -0.2) is 0 Å². The number of halogens is 1. The van der Waals surface area contributed by atoms with Gasteiger partial charge in [-0.1, -0.05) is 15.9 Å². The van der Waals surface area contributed by atoms with Crippen molar-refractivity contribution in [2.24, 2.45) is 0 Å². The van der Waals surface area contributed by atoms with E-state index in [4.69, 9.17) is 0 Å². The zero-order valence-electron chi connectivity index (χ0n) is 11.9. The Morgan fingerprint density at radius 2 is 2.15 bits per heavy atom. The van der Waals surface area contributed by atoms with Crippen molar-refractivity contribution in [3.8, 4) is 0 Å². The highest BCUT2D eigenvalue weighted by atomic mass is 79.9. The number of nitrogens with zero attached hydrogens (tertiary/aromatic N) is 1. The number of likely N-dealkylation sites (tertiary alicyclic amines) is 1. The van der Waals surface area contributed by atoms with Crippen LogP contribution in [0.2, 0.25) is 0 Å². The summed E-state index contributed by atoms with van der Waals surface area (Å²) in [6, 6.07) is 8.23. The molecule has 1 aliphatic rings. The lowest BCUT2D eigenvalue weighted by Gasteiger charge is -2.32. The summed E-state index contributed by atoms with van der Waals surface area (Å²) in [4.78, 5) is 14.3. The maximum absolute atomic E-state index is 11.9. The van der Waals surface area contributed by atoms with Crippen LogP contribution in [0, 0.1) is 0 Å². The molecule has 1 fully saturated rings. The van der Waals surface area contributed by atoms with Crippen LogP contribution in [0.3, 0.4) is 0 Å². The number of likely N-dealkylation sites (N-methyl/N-ethyl adjacent to an activating group) is 1. The van der Waals surface area contributed by atoms with E-state index in [1.807, 2.05) is 31.3 Å². The quantitative estimate of drug-likeness (QED) is 0.866. The van der Waals surface area contributed by atoms with Crippen molar-refractivity contribution < 1.29 is 4.79 Å². The van der Waals surface area contributed by atoms with Crippen LogP contribution in [0.1, 0.15) is 19.3 Å². The van der Waals surface area contributed by atoms with Crippen molar-refractivity contribution in [2.75, 3.05) is 32.0 Å². The maximum atomic E-state index is 11.9. The lowest BCUT2D eigenvalue weighted by atomic mass is 10.1. The van der Waals surface area contributed by atoms with Gasteiger partial charge in [-0.3, -0.25) is 4.79 Å². The second-order valence-corrected chi connectivity index (χ2v) is 6.15. The lowest BCUT2D eigenvalue weighted by Crippen LogP contribution is -2.45.